The Morgan fingerprint density at radius 3 is 2.61 bits per heavy atom. The highest BCUT2D eigenvalue weighted by Crippen LogP contribution is 2.40. The standard InChI is InChI=1S/C20H17F3N4O/c1-27-11-16(18(26-27)12-5-6-12)19(28)25-17-8-7-14(10-24-17)13-3-2-4-15(9-13)20(21,22)23/h2-4,7-12H,5-6H2,1H3,(H,24,25,28). The monoisotopic (exact) mass is 386 g/mol. The Labute approximate surface area is 159 Å². The van der Waals surface area contributed by atoms with Crippen molar-refractivity contribution in [2.45, 2.75) is 24.9 Å². The molecule has 0 aliphatic heterocycles. The van der Waals surface area contributed by atoms with Crippen molar-refractivity contribution < 1.29 is 18.0 Å². The number of pyridine rings is 1. The lowest BCUT2D eigenvalue weighted by molar-refractivity contribution is -0.137. The molecular weight excluding hydrogens is 369 g/mol. The molecule has 4 rings (SSSR count). The summed E-state index contributed by atoms with van der Waals surface area (Å²) in [4.78, 5) is 16.7. The number of aryl methyl sites for hydroxylation is 1. The van der Waals surface area contributed by atoms with E-state index >= 15 is 0 Å². The maximum atomic E-state index is 12.9. The number of anilines is 1. The van der Waals surface area contributed by atoms with Crippen LogP contribution >= 0.6 is 0 Å². The minimum Gasteiger partial charge on any atom is -0.306 e. The molecule has 144 valence electrons. The number of nitrogens with zero attached hydrogens (tertiary/aromatic N) is 3. The van der Waals surface area contributed by atoms with Gasteiger partial charge in [0, 0.05) is 30.9 Å². The molecule has 0 saturated heterocycles. The molecule has 8 heteroatoms. The van der Waals surface area contributed by atoms with Gasteiger partial charge in [0.05, 0.1) is 16.8 Å². The molecule has 0 atom stereocenters. The maximum Gasteiger partial charge on any atom is 0.416 e. The third-order valence-corrected chi connectivity index (χ3v) is 4.59. The van der Waals surface area contributed by atoms with Crippen molar-refractivity contribution in [3.05, 3.63) is 65.6 Å². The number of nitrogens with one attached hydrogen (secondary N) is 1. The van der Waals surface area contributed by atoms with E-state index in [-0.39, 0.29) is 5.91 Å². The second-order valence-electron chi connectivity index (χ2n) is 6.84. The molecule has 0 radical (unpaired) electrons. The number of alkyl halides is 3. The predicted molar refractivity (Wildman–Crippen MR) is 97.8 cm³/mol. The van der Waals surface area contributed by atoms with Gasteiger partial charge < -0.3 is 5.32 Å². The zero-order valence-corrected chi connectivity index (χ0v) is 15.0. The number of hydrogen-bond acceptors (Lipinski definition) is 3. The average molecular weight is 386 g/mol. The summed E-state index contributed by atoms with van der Waals surface area (Å²) in [6, 6.07) is 8.24. The summed E-state index contributed by atoms with van der Waals surface area (Å²) in [5.41, 5.74) is 1.54. The second-order valence-corrected chi connectivity index (χ2v) is 6.84. The number of halogens is 3. The SMILES string of the molecule is Cn1cc(C(=O)Nc2ccc(-c3cccc(C(F)(F)F)c3)cn2)c(C2CC2)n1. The number of hydrogen-bond donors (Lipinski definition) is 1. The molecule has 0 bridgehead atoms. The zero-order chi connectivity index (χ0) is 19.9. The molecule has 2 heterocycles. The van der Waals surface area contributed by atoms with E-state index in [1.807, 2.05) is 0 Å². The topological polar surface area (TPSA) is 59.8 Å². The molecule has 5 nitrogen and oxygen atoms in total. The Hall–Kier alpha value is -3.16. The predicted octanol–water partition coefficient (Wildman–Crippen LogP) is 4.63. The lowest BCUT2D eigenvalue weighted by Gasteiger charge is -2.09. The number of aromatic nitrogens is 3. The largest absolute Gasteiger partial charge is 0.416 e. The number of amides is 1. The van der Waals surface area contributed by atoms with Crippen LogP contribution < -0.4 is 5.32 Å². The maximum absolute atomic E-state index is 12.9. The third-order valence-electron chi connectivity index (χ3n) is 4.59. The summed E-state index contributed by atoms with van der Waals surface area (Å²) in [5, 5.41) is 7.09. The number of carbonyl (C=O) groups excluding carboxylic acids is 1. The molecule has 0 unspecified atom stereocenters. The van der Waals surface area contributed by atoms with Crippen LogP contribution in [0.1, 0.15) is 40.4 Å². The van der Waals surface area contributed by atoms with Crippen LogP contribution in [0.3, 0.4) is 0 Å². The second kappa shape index (κ2) is 6.78. The van der Waals surface area contributed by atoms with Crippen molar-refractivity contribution in [2.75, 3.05) is 5.32 Å². The quantitative estimate of drug-likeness (QED) is 0.711. The zero-order valence-electron chi connectivity index (χ0n) is 15.0. The Bertz CT molecular complexity index is 1020. The number of carbonyl (C=O) groups is 1. The molecule has 3 aromatic rings. The highest BCUT2D eigenvalue weighted by molar-refractivity contribution is 6.04. The van der Waals surface area contributed by atoms with Crippen molar-refractivity contribution in [3.63, 3.8) is 0 Å². The van der Waals surface area contributed by atoms with E-state index in [4.69, 9.17) is 0 Å². The van der Waals surface area contributed by atoms with E-state index in [0.717, 1.165) is 30.7 Å². The van der Waals surface area contributed by atoms with Crippen LogP contribution in [-0.2, 0) is 13.2 Å². The van der Waals surface area contributed by atoms with Crippen LogP contribution in [0.5, 0.6) is 0 Å². The van der Waals surface area contributed by atoms with Gasteiger partial charge in [-0.05, 0) is 42.7 Å². The first-order valence-electron chi connectivity index (χ1n) is 8.80. The number of rotatable bonds is 4. The Balaban J connectivity index is 1.52. The van der Waals surface area contributed by atoms with Crippen molar-refractivity contribution in [2.24, 2.45) is 7.05 Å². The fourth-order valence-electron chi connectivity index (χ4n) is 3.04. The highest BCUT2D eigenvalue weighted by atomic mass is 19.4. The van der Waals surface area contributed by atoms with Gasteiger partial charge in [-0.15, -0.1) is 0 Å². The fourth-order valence-corrected chi connectivity index (χ4v) is 3.04. The van der Waals surface area contributed by atoms with Crippen molar-refractivity contribution in [3.8, 4) is 11.1 Å². The van der Waals surface area contributed by atoms with E-state index in [1.54, 1.807) is 36.1 Å². The molecule has 1 saturated carbocycles. The van der Waals surface area contributed by atoms with E-state index < -0.39 is 11.7 Å². The Morgan fingerprint density at radius 1 is 1.18 bits per heavy atom. The first-order chi connectivity index (χ1) is 13.3. The Kier molecular flexibility index (Phi) is 4.41. The molecule has 0 spiro atoms. The minimum atomic E-state index is -4.40. The highest BCUT2D eigenvalue weighted by Gasteiger charge is 2.31. The van der Waals surface area contributed by atoms with Gasteiger partial charge >= 0.3 is 6.18 Å². The van der Waals surface area contributed by atoms with Crippen LogP contribution in [-0.4, -0.2) is 20.7 Å². The van der Waals surface area contributed by atoms with Gasteiger partial charge in [-0.25, -0.2) is 4.98 Å². The summed E-state index contributed by atoms with van der Waals surface area (Å²) in [7, 11) is 1.77. The van der Waals surface area contributed by atoms with Crippen LogP contribution in [0.15, 0.2) is 48.8 Å². The van der Waals surface area contributed by atoms with E-state index in [9.17, 15) is 18.0 Å². The lowest BCUT2D eigenvalue weighted by Crippen LogP contribution is -2.14. The summed E-state index contributed by atoms with van der Waals surface area (Å²) in [6.45, 7) is 0. The molecule has 2 aromatic heterocycles. The molecule has 1 aromatic carbocycles. The summed E-state index contributed by atoms with van der Waals surface area (Å²) < 4.78 is 40.3. The lowest BCUT2D eigenvalue weighted by atomic mass is 10.0. The van der Waals surface area contributed by atoms with Gasteiger partial charge in [0.1, 0.15) is 5.82 Å². The van der Waals surface area contributed by atoms with Crippen LogP contribution in [0.25, 0.3) is 11.1 Å². The van der Waals surface area contributed by atoms with Gasteiger partial charge in [-0.2, -0.15) is 18.3 Å². The molecule has 1 N–H and O–H groups in total. The molecule has 1 fully saturated rings. The van der Waals surface area contributed by atoms with Crippen LogP contribution in [0.2, 0.25) is 0 Å². The van der Waals surface area contributed by atoms with E-state index in [2.05, 4.69) is 15.4 Å². The van der Waals surface area contributed by atoms with Gasteiger partial charge in [0.15, 0.2) is 0 Å². The smallest absolute Gasteiger partial charge is 0.306 e. The van der Waals surface area contributed by atoms with E-state index in [1.165, 1.54) is 12.3 Å². The third kappa shape index (κ3) is 3.76. The number of benzene rings is 1. The molecule has 1 aliphatic carbocycles. The van der Waals surface area contributed by atoms with Crippen LogP contribution in [0.4, 0.5) is 19.0 Å². The van der Waals surface area contributed by atoms with Gasteiger partial charge in [0.2, 0.25) is 0 Å². The van der Waals surface area contributed by atoms with Gasteiger partial charge in [-0.3, -0.25) is 9.48 Å². The molecular formula is C20H17F3N4O. The summed E-state index contributed by atoms with van der Waals surface area (Å²) >= 11 is 0. The van der Waals surface area contributed by atoms with Crippen LogP contribution in [0, 0.1) is 0 Å². The first kappa shape index (κ1) is 18.2. The molecule has 1 amide bonds. The van der Waals surface area contributed by atoms with E-state index in [0.29, 0.717) is 28.4 Å². The van der Waals surface area contributed by atoms with Gasteiger partial charge in [-0.1, -0.05) is 12.1 Å². The first-order valence-corrected chi connectivity index (χ1v) is 8.80. The molecule has 1 aliphatic rings. The average Bonchev–Trinajstić information content (AvgIpc) is 3.43. The van der Waals surface area contributed by atoms with Crippen molar-refractivity contribution >= 4 is 11.7 Å². The fraction of sp³-hybridized carbons (Fsp3) is 0.250. The minimum absolute atomic E-state index is 0.297. The normalized spacial score (nSPS) is 14.1. The molecule has 28 heavy (non-hydrogen) atoms. The Morgan fingerprint density at radius 2 is 1.96 bits per heavy atom. The summed E-state index contributed by atoms with van der Waals surface area (Å²) in [5.74, 6) is 0.360. The summed E-state index contributed by atoms with van der Waals surface area (Å²) in [6.07, 6.45) is 0.777. The van der Waals surface area contributed by atoms with Gasteiger partial charge in [0.25, 0.3) is 5.91 Å². The van der Waals surface area contributed by atoms with Crippen molar-refractivity contribution in [1.82, 2.24) is 14.8 Å². The van der Waals surface area contributed by atoms with Crippen molar-refractivity contribution in [1.29, 1.82) is 0 Å².